The third-order valence-corrected chi connectivity index (χ3v) is 0.835. The van der Waals surface area contributed by atoms with Crippen LogP contribution in [0.3, 0.4) is 0 Å². The number of hydrogen-bond donors (Lipinski definition) is 1. The van der Waals surface area contributed by atoms with Crippen LogP contribution in [0.4, 0.5) is 17.6 Å². The highest BCUT2D eigenvalue weighted by atomic mass is 19.3. The minimum absolute atomic E-state index is 0.132. The van der Waals surface area contributed by atoms with Crippen LogP contribution in [0, 0.1) is 0 Å². The van der Waals surface area contributed by atoms with Crippen molar-refractivity contribution in [3.8, 4) is 0 Å². The molecule has 1 heterocycles. The van der Waals surface area contributed by atoms with Gasteiger partial charge in [-0.1, -0.05) is 0 Å². The van der Waals surface area contributed by atoms with Gasteiger partial charge in [-0.15, -0.1) is 0 Å². The summed E-state index contributed by atoms with van der Waals surface area (Å²) >= 11 is 0. The van der Waals surface area contributed by atoms with Crippen molar-refractivity contribution in [2.45, 2.75) is 12.1 Å². The summed E-state index contributed by atoms with van der Waals surface area (Å²) in [5.74, 6) is 0. The van der Waals surface area contributed by atoms with E-state index in [0.717, 1.165) is 5.32 Å². The van der Waals surface area contributed by atoms with Gasteiger partial charge in [-0.2, -0.15) is 22.9 Å². The SMILES string of the molecule is FC1(F)C=CC(F)(F)N1. The molecule has 0 unspecified atom stereocenters. The Morgan fingerprint density at radius 1 is 0.889 bits per heavy atom. The van der Waals surface area contributed by atoms with Gasteiger partial charge in [0.1, 0.15) is 0 Å². The molecular formula is C4H3F4N. The minimum atomic E-state index is -3.55. The maximum Gasteiger partial charge on any atom is 0.327 e. The summed E-state index contributed by atoms with van der Waals surface area (Å²) in [6.07, 6.45) is 0.264. The standard InChI is InChI=1S/C4H3F4N/c5-3(6)1-2-4(7,8)9-3/h1-2,9H. The zero-order valence-corrected chi connectivity index (χ0v) is 4.17. The molecule has 0 amide bonds. The number of nitrogens with one attached hydrogen (secondary N) is 1. The van der Waals surface area contributed by atoms with E-state index in [9.17, 15) is 17.6 Å². The van der Waals surface area contributed by atoms with Crippen LogP contribution < -0.4 is 5.32 Å². The summed E-state index contributed by atoms with van der Waals surface area (Å²) in [6, 6.07) is -7.10. The molecule has 0 aromatic heterocycles. The lowest BCUT2D eigenvalue weighted by Crippen LogP contribution is -2.40. The Morgan fingerprint density at radius 3 is 1.33 bits per heavy atom. The van der Waals surface area contributed by atoms with Gasteiger partial charge in [-0.3, -0.25) is 0 Å². The first-order valence-electron chi connectivity index (χ1n) is 2.17. The highest BCUT2D eigenvalue weighted by Crippen LogP contribution is 2.27. The second-order valence-corrected chi connectivity index (χ2v) is 1.70. The van der Waals surface area contributed by atoms with Crippen LogP contribution in [0.15, 0.2) is 12.2 Å². The van der Waals surface area contributed by atoms with Crippen LogP contribution in [0.5, 0.6) is 0 Å². The van der Waals surface area contributed by atoms with Gasteiger partial charge in [-0.05, 0) is 0 Å². The molecular weight excluding hydrogens is 138 g/mol. The Labute approximate surface area is 48.4 Å². The molecule has 0 bridgehead atoms. The molecule has 0 spiro atoms. The van der Waals surface area contributed by atoms with Crippen LogP contribution in [-0.4, -0.2) is 12.1 Å². The molecule has 9 heavy (non-hydrogen) atoms. The molecule has 1 N–H and O–H groups in total. The van der Waals surface area contributed by atoms with Crippen LogP contribution in [0.2, 0.25) is 0 Å². The number of hydrogen-bond acceptors (Lipinski definition) is 1. The molecule has 0 fully saturated rings. The van der Waals surface area contributed by atoms with E-state index >= 15 is 0 Å². The van der Waals surface area contributed by atoms with Crippen molar-refractivity contribution in [1.82, 2.24) is 5.32 Å². The normalized spacial score (nSPS) is 28.9. The molecule has 1 nitrogen and oxygen atoms in total. The van der Waals surface area contributed by atoms with Crippen LogP contribution in [0.25, 0.3) is 0 Å². The fourth-order valence-electron chi connectivity index (χ4n) is 0.515. The Kier molecular flexibility index (Phi) is 1.07. The second kappa shape index (κ2) is 1.47. The average Bonchev–Trinajstić information content (AvgIpc) is 1.78. The molecule has 0 aromatic carbocycles. The third kappa shape index (κ3) is 1.41. The van der Waals surface area contributed by atoms with E-state index < -0.39 is 12.1 Å². The van der Waals surface area contributed by atoms with E-state index in [1.54, 1.807) is 0 Å². The summed E-state index contributed by atoms with van der Waals surface area (Å²) in [4.78, 5) is 0. The minimum Gasteiger partial charge on any atom is -0.190 e. The van der Waals surface area contributed by atoms with E-state index in [1.165, 1.54) is 0 Å². The molecule has 0 aliphatic carbocycles. The third-order valence-electron chi connectivity index (χ3n) is 0.835. The maximum atomic E-state index is 11.8. The van der Waals surface area contributed by atoms with Crippen molar-refractivity contribution in [3.05, 3.63) is 12.2 Å². The largest absolute Gasteiger partial charge is 0.327 e. The van der Waals surface area contributed by atoms with Crippen molar-refractivity contribution < 1.29 is 17.6 Å². The highest BCUT2D eigenvalue weighted by Gasteiger charge is 2.44. The molecule has 1 rings (SSSR count). The summed E-state index contributed by atoms with van der Waals surface area (Å²) in [5.41, 5.74) is 0. The number of alkyl halides is 4. The topological polar surface area (TPSA) is 12.0 Å². The monoisotopic (exact) mass is 141 g/mol. The summed E-state index contributed by atoms with van der Waals surface area (Å²) in [5, 5.41) is 0.792. The average molecular weight is 141 g/mol. The zero-order chi connectivity index (χ0) is 7.12. The molecule has 0 radical (unpaired) electrons. The van der Waals surface area contributed by atoms with E-state index in [1.807, 2.05) is 0 Å². The van der Waals surface area contributed by atoms with Gasteiger partial charge in [0.2, 0.25) is 0 Å². The van der Waals surface area contributed by atoms with Gasteiger partial charge >= 0.3 is 12.1 Å². The lowest BCUT2D eigenvalue weighted by molar-refractivity contribution is -0.0752. The van der Waals surface area contributed by atoms with E-state index in [2.05, 4.69) is 0 Å². The van der Waals surface area contributed by atoms with Crippen molar-refractivity contribution in [2.75, 3.05) is 0 Å². The maximum absolute atomic E-state index is 11.8. The smallest absolute Gasteiger partial charge is 0.190 e. The summed E-state index contributed by atoms with van der Waals surface area (Å²) < 4.78 is 47.0. The van der Waals surface area contributed by atoms with Crippen molar-refractivity contribution in [1.29, 1.82) is 0 Å². The molecule has 5 heteroatoms. The number of halogens is 4. The molecule has 0 saturated heterocycles. The lowest BCUT2D eigenvalue weighted by Gasteiger charge is -2.11. The molecule has 0 atom stereocenters. The zero-order valence-electron chi connectivity index (χ0n) is 4.17. The molecule has 0 saturated carbocycles. The van der Waals surface area contributed by atoms with Crippen molar-refractivity contribution in [3.63, 3.8) is 0 Å². The number of rotatable bonds is 0. The predicted octanol–water partition coefficient (Wildman–Crippen LogP) is 1.33. The Hall–Kier alpha value is -0.580. The van der Waals surface area contributed by atoms with E-state index in [0.29, 0.717) is 0 Å². The Morgan fingerprint density at radius 2 is 1.22 bits per heavy atom. The van der Waals surface area contributed by atoms with Crippen LogP contribution >= 0.6 is 0 Å². The van der Waals surface area contributed by atoms with Gasteiger partial charge in [0, 0.05) is 12.2 Å². The van der Waals surface area contributed by atoms with Gasteiger partial charge < -0.3 is 0 Å². The van der Waals surface area contributed by atoms with Gasteiger partial charge in [0.05, 0.1) is 0 Å². The second-order valence-electron chi connectivity index (χ2n) is 1.70. The van der Waals surface area contributed by atoms with E-state index in [4.69, 9.17) is 0 Å². The van der Waals surface area contributed by atoms with Crippen LogP contribution in [-0.2, 0) is 0 Å². The molecule has 0 aromatic rings. The van der Waals surface area contributed by atoms with Gasteiger partial charge in [0.15, 0.2) is 0 Å². The Bertz CT molecular complexity index is 135. The highest BCUT2D eigenvalue weighted by molar-refractivity contribution is 5.09. The van der Waals surface area contributed by atoms with E-state index in [-0.39, 0.29) is 12.2 Å². The van der Waals surface area contributed by atoms with Crippen molar-refractivity contribution >= 4 is 0 Å². The Balaban J connectivity index is 2.71. The van der Waals surface area contributed by atoms with Crippen LogP contribution in [0.1, 0.15) is 0 Å². The quantitative estimate of drug-likeness (QED) is 0.305. The summed E-state index contributed by atoms with van der Waals surface area (Å²) in [6.45, 7) is 0. The molecule has 1 aliphatic heterocycles. The fraction of sp³-hybridized carbons (Fsp3) is 0.500. The predicted molar refractivity (Wildman–Crippen MR) is 22.2 cm³/mol. The first kappa shape index (κ1) is 6.54. The van der Waals surface area contributed by atoms with Gasteiger partial charge in [-0.25, -0.2) is 0 Å². The fourth-order valence-corrected chi connectivity index (χ4v) is 0.515. The first-order valence-corrected chi connectivity index (χ1v) is 2.17. The molecule has 1 aliphatic rings. The molecule has 52 valence electrons. The van der Waals surface area contributed by atoms with Gasteiger partial charge in [0.25, 0.3) is 0 Å². The summed E-state index contributed by atoms with van der Waals surface area (Å²) in [7, 11) is 0. The first-order chi connectivity index (χ1) is 3.91. The van der Waals surface area contributed by atoms with Crippen molar-refractivity contribution in [2.24, 2.45) is 0 Å². The lowest BCUT2D eigenvalue weighted by atomic mass is 10.5.